The molecule has 0 saturated carbocycles. The van der Waals surface area contributed by atoms with E-state index in [2.05, 4.69) is 4.90 Å². The second-order valence-electron chi connectivity index (χ2n) is 7.35. The summed E-state index contributed by atoms with van der Waals surface area (Å²) in [5.74, 6) is -1.32. The molecule has 2 aromatic carbocycles. The normalized spacial score (nSPS) is 14.2. The van der Waals surface area contributed by atoms with E-state index >= 15 is 0 Å². The van der Waals surface area contributed by atoms with Gasteiger partial charge in [0.2, 0.25) is 0 Å². The fourth-order valence-electron chi connectivity index (χ4n) is 3.83. The summed E-state index contributed by atoms with van der Waals surface area (Å²) in [4.78, 5) is 28.0. The van der Waals surface area contributed by atoms with Crippen LogP contribution in [0.4, 0.5) is 0 Å². The van der Waals surface area contributed by atoms with Crippen LogP contribution in [0.25, 0.3) is 16.9 Å². The Morgan fingerprint density at radius 3 is 2.28 bits per heavy atom. The molecule has 0 amide bonds. The van der Waals surface area contributed by atoms with Crippen LogP contribution in [-0.2, 0) is 20.8 Å². The van der Waals surface area contributed by atoms with Crippen molar-refractivity contribution < 1.29 is 23.8 Å². The summed E-state index contributed by atoms with van der Waals surface area (Å²) >= 11 is 0. The molecule has 1 aromatic heterocycles. The molecule has 0 unspecified atom stereocenters. The van der Waals surface area contributed by atoms with Crippen molar-refractivity contribution in [3.05, 3.63) is 71.4 Å². The highest BCUT2D eigenvalue weighted by molar-refractivity contribution is 6.07. The second-order valence-corrected chi connectivity index (χ2v) is 7.35. The summed E-state index contributed by atoms with van der Waals surface area (Å²) in [5, 5.41) is 4.71. The van der Waals surface area contributed by atoms with E-state index in [4.69, 9.17) is 19.3 Å². The van der Waals surface area contributed by atoms with Gasteiger partial charge in [0.25, 0.3) is 0 Å². The Hall–Kier alpha value is -3.49. The smallest absolute Gasteiger partial charge is 0.357 e. The Labute approximate surface area is 186 Å². The van der Waals surface area contributed by atoms with Crippen LogP contribution in [0.1, 0.15) is 26.4 Å². The van der Waals surface area contributed by atoms with Crippen molar-refractivity contribution in [1.82, 2.24) is 14.7 Å². The molecule has 4 rings (SSSR count). The van der Waals surface area contributed by atoms with Crippen molar-refractivity contribution in [3.63, 3.8) is 0 Å². The summed E-state index contributed by atoms with van der Waals surface area (Å²) in [7, 11) is 2.56. The molecule has 1 aliphatic heterocycles. The lowest BCUT2D eigenvalue weighted by Crippen LogP contribution is -2.35. The fraction of sp³-hybridized carbons (Fsp3) is 0.292. The van der Waals surface area contributed by atoms with Crippen LogP contribution in [-0.4, -0.2) is 67.1 Å². The summed E-state index contributed by atoms with van der Waals surface area (Å²) in [6.07, 6.45) is 0. The number of esters is 2. The number of carbonyl (C=O) groups excluding carboxylic acids is 2. The van der Waals surface area contributed by atoms with Gasteiger partial charge in [-0.3, -0.25) is 4.90 Å². The van der Waals surface area contributed by atoms with Crippen molar-refractivity contribution >= 4 is 11.9 Å². The van der Waals surface area contributed by atoms with Crippen molar-refractivity contribution in [1.29, 1.82) is 0 Å². The van der Waals surface area contributed by atoms with Crippen LogP contribution in [0.5, 0.6) is 0 Å². The minimum Gasteiger partial charge on any atom is -0.465 e. The minimum absolute atomic E-state index is 0.0294. The highest BCUT2D eigenvalue weighted by Gasteiger charge is 2.32. The summed E-state index contributed by atoms with van der Waals surface area (Å²) in [5.41, 5.74) is 2.88. The maximum Gasteiger partial charge on any atom is 0.357 e. The van der Waals surface area contributed by atoms with Crippen molar-refractivity contribution in [3.8, 4) is 16.9 Å². The monoisotopic (exact) mass is 435 g/mol. The Morgan fingerprint density at radius 1 is 0.938 bits per heavy atom. The molecule has 8 nitrogen and oxygen atoms in total. The largest absolute Gasteiger partial charge is 0.465 e. The zero-order valence-electron chi connectivity index (χ0n) is 18.1. The van der Waals surface area contributed by atoms with E-state index in [1.54, 1.807) is 0 Å². The van der Waals surface area contributed by atoms with E-state index < -0.39 is 11.9 Å². The molecule has 166 valence electrons. The molecule has 1 fully saturated rings. The van der Waals surface area contributed by atoms with Crippen molar-refractivity contribution in [2.75, 3.05) is 40.5 Å². The van der Waals surface area contributed by atoms with Gasteiger partial charge in [0.1, 0.15) is 11.3 Å². The molecule has 0 radical (unpaired) electrons. The predicted molar refractivity (Wildman–Crippen MR) is 118 cm³/mol. The van der Waals surface area contributed by atoms with Gasteiger partial charge in [-0.2, -0.15) is 5.10 Å². The van der Waals surface area contributed by atoms with Gasteiger partial charge in [0, 0.05) is 25.2 Å². The maximum atomic E-state index is 12.9. The average molecular weight is 435 g/mol. The molecular weight excluding hydrogens is 410 g/mol. The highest BCUT2D eigenvalue weighted by Crippen LogP contribution is 2.32. The van der Waals surface area contributed by atoms with Crippen LogP contribution in [0, 0.1) is 0 Å². The van der Waals surface area contributed by atoms with Crippen LogP contribution in [0.15, 0.2) is 54.6 Å². The topological polar surface area (TPSA) is 82.9 Å². The molecule has 2 heterocycles. The lowest BCUT2D eigenvalue weighted by Gasteiger charge is -2.27. The number of para-hydroxylation sites is 1. The standard InChI is InChI=1S/C24H25N3O5/c1-30-23(28)20-21(19-11-7-6-8-17(19)16-26-12-14-32-15-13-26)25-27(22(20)24(29)31-2)18-9-4-3-5-10-18/h3-11H,12-16H2,1-2H3. The molecular formula is C24H25N3O5. The van der Waals surface area contributed by atoms with Crippen LogP contribution >= 0.6 is 0 Å². The first kappa shape index (κ1) is 21.7. The van der Waals surface area contributed by atoms with Crippen LogP contribution in [0.3, 0.4) is 0 Å². The number of aromatic nitrogens is 2. The van der Waals surface area contributed by atoms with Gasteiger partial charge < -0.3 is 14.2 Å². The Bertz CT molecular complexity index is 1100. The third-order valence-electron chi connectivity index (χ3n) is 5.42. The first-order chi connectivity index (χ1) is 15.6. The van der Waals surface area contributed by atoms with Gasteiger partial charge in [-0.15, -0.1) is 0 Å². The molecule has 32 heavy (non-hydrogen) atoms. The maximum absolute atomic E-state index is 12.9. The number of carbonyl (C=O) groups is 2. The second kappa shape index (κ2) is 9.76. The number of ether oxygens (including phenoxy) is 3. The number of methoxy groups -OCH3 is 2. The van der Waals surface area contributed by atoms with E-state index in [0.717, 1.165) is 24.2 Å². The highest BCUT2D eigenvalue weighted by atomic mass is 16.5. The van der Waals surface area contributed by atoms with Gasteiger partial charge in [0.15, 0.2) is 5.69 Å². The zero-order valence-corrected chi connectivity index (χ0v) is 18.1. The summed E-state index contributed by atoms with van der Waals surface area (Å²) in [6.45, 7) is 3.69. The molecule has 1 aliphatic rings. The van der Waals surface area contributed by atoms with Gasteiger partial charge in [-0.25, -0.2) is 14.3 Å². The summed E-state index contributed by atoms with van der Waals surface area (Å²) < 4.78 is 16.9. The number of morpholine rings is 1. The molecule has 0 aliphatic carbocycles. The number of rotatable bonds is 6. The molecule has 8 heteroatoms. The van der Waals surface area contributed by atoms with Gasteiger partial charge in [-0.05, 0) is 17.7 Å². The van der Waals surface area contributed by atoms with E-state index in [9.17, 15) is 9.59 Å². The number of nitrogens with zero attached hydrogens (tertiary/aromatic N) is 3. The molecule has 0 spiro atoms. The average Bonchev–Trinajstić information content (AvgIpc) is 3.25. The molecule has 3 aromatic rings. The first-order valence-corrected chi connectivity index (χ1v) is 10.4. The fourth-order valence-corrected chi connectivity index (χ4v) is 3.83. The van der Waals surface area contributed by atoms with Crippen molar-refractivity contribution in [2.24, 2.45) is 0 Å². The van der Waals surface area contributed by atoms with E-state index in [0.29, 0.717) is 31.1 Å². The lowest BCUT2D eigenvalue weighted by molar-refractivity contribution is 0.0342. The van der Waals surface area contributed by atoms with Gasteiger partial charge in [-0.1, -0.05) is 42.5 Å². The third-order valence-corrected chi connectivity index (χ3v) is 5.42. The molecule has 1 saturated heterocycles. The molecule has 0 N–H and O–H groups in total. The van der Waals surface area contributed by atoms with Gasteiger partial charge >= 0.3 is 11.9 Å². The third kappa shape index (κ3) is 4.28. The van der Waals surface area contributed by atoms with Crippen molar-refractivity contribution in [2.45, 2.75) is 6.54 Å². The number of benzene rings is 2. The zero-order chi connectivity index (χ0) is 22.5. The SMILES string of the molecule is COC(=O)c1c(-c2ccccc2CN2CCOCC2)nn(-c2ccccc2)c1C(=O)OC. The van der Waals surface area contributed by atoms with Crippen LogP contribution < -0.4 is 0 Å². The van der Waals surface area contributed by atoms with E-state index in [1.165, 1.54) is 18.9 Å². The summed E-state index contributed by atoms with van der Waals surface area (Å²) in [6, 6.07) is 16.9. The number of hydrogen-bond acceptors (Lipinski definition) is 7. The first-order valence-electron chi connectivity index (χ1n) is 10.4. The Kier molecular flexibility index (Phi) is 6.63. The molecule has 0 bridgehead atoms. The van der Waals surface area contributed by atoms with Crippen LogP contribution in [0.2, 0.25) is 0 Å². The Morgan fingerprint density at radius 2 is 1.59 bits per heavy atom. The van der Waals surface area contributed by atoms with E-state index in [-0.39, 0.29) is 11.3 Å². The minimum atomic E-state index is -0.668. The predicted octanol–water partition coefficient (Wildman–Crippen LogP) is 2.94. The Balaban J connectivity index is 1.90. The molecule has 0 atom stereocenters. The van der Waals surface area contributed by atoms with E-state index in [1.807, 2.05) is 54.6 Å². The quantitative estimate of drug-likeness (QED) is 0.551. The number of hydrogen-bond donors (Lipinski definition) is 0. The van der Waals surface area contributed by atoms with Gasteiger partial charge in [0.05, 0.1) is 33.1 Å². The lowest BCUT2D eigenvalue weighted by atomic mass is 9.99.